The van der Waals surface area contributed by atoms with E-state index >= 15 is 0 Å². The Bertz CT molecular complexity index is 508. The largest absolute Gasteiger partial charge is 0.486 e. The van der Waals surface area contributed by atoms with E-state index in [4.69, 9.17) is 27.9 Å². The van der Waals surface area contributed by atoms with Crippen LogP contribution in [0.2, 0.25) is 10.0 Å². The van der Waals surface area contributed by atoms with Gasteiger partial charge in [-0.2, -0.15) is 0 Å². The fourth-order valence-corrected chi connectivity index (χ4v) is 1.89. The maximum absolute atomic E-state index is 13.3. The fourth-order valence-electron chi connectivity index (χ4n) is 1.38. The van der Waals surface area contributed by atoms with Gasteiger partial charge >= 0.3 is 0 Å². The first-order valence-corrected chi connectivity index (χ1v) is 5.74. The predicted octanol–water partition coefficient (Wildman–Crippen LogP) is 4.71. The van der Waals surface area contributed by atoms with Crippen LogP contribution in [0.3, 0.4) is 0 Å². The molecule has 2 aromatic rings. The van der Waals surface area contributed by atoms with Crippen molar-refractivity contribution in [3.63, 3.8) is 0 Å². The molecule has 0 aliphatic carbocycles. The molecule has 0 heterocycles. The van der Waals surface area contributed by atoms with Gasteiger partial charge in [0.15, 0.2) is 11.6 Å². The van der Waals surface area contributed by atoms with Crippen molar-refractivity contribution in [3.05, 3.63) is 63.9 Å². The van der Waals surface area contributed by atoms with E-state index in [-0.39, 0.29) is 12.4 Å². The molecule has 0 atom stereocenters. The van der Waals surface area contributed by atoms with E-state index in [0.717, 1.165) is 0 Å². The summed E-state index contributed by atoms with van der Waals surface area (Å²) in [5, 5.41) is 1.02. The van der Waals surface area contributed by atoms with Crippen molar-refractivity contribution in [3.8, 4) is 5.75 Å². The Labute approximate surface area is 109 Å². The summed E-state index contributed by atoms with van der Waals surface area (Å²) in [6, 6.07) is 11.4. The topological polar surface area (TPSA) is 9.23 Å². The lowest BCUT2D eigenvalue weighted by Gasteiger charge is -2.09. The summed E-state index contributed by atoms with van der Waals surface area (Å²) >= 11 is 12.0. The molecule has 0 fully saturated rings. The van der Waals surface area contributed by atoms with Crippen LogP contribution in [0.25, 0.3) is 0 Å². The number of benzene rings is 2. The molecule has 0 bridgehead atoms. The number of hydrogen-bond acceptors (Lipinski definition) is 1. The van der Waals surface area contributed by atoms with Gasteiger partial charge in [0, 0.05) is 15.6 Å². The first-order valence-electron chi connectivity index (χ1n) is 4.98. The first-order chi connectivity index (χ1) is 8.18. The van der Waals surface area contributed by atoms with Crippen LogP contribution in [0.5, 0.6) is 5.75 Å². The van der Waals surface area contributed by atoms with Crippen molar-refractivity contribution in [1.82, 2.24) is 0 Å². The van der Waals surface area contributed by atoms with Crippen LogP contribution in [0.1, 0.15) is 5.56 Å². The smallest absolute Gasteiger partial charge is 0.165 e. The summed E-state index contributed by atoms with van der Waals surface area (Å²) in [5.74, 6) is -0.223. The zero-order valence-electron chi connectivity index (χ0n) is 8.79. The molecule has 0 saturated heterocycles. The Balaban J connectivity index is 2.16. The second-order valence-corrected chi connectivity index (χ2v) is 4.23. The van der Waals surface area contributed by atoms with Gasteiger partial charge in [-0.3, -0.25) is 0 Å². The third kappa shape index (κ3) is 2.90. The summed E-state index contributed by atoms with van der Waals surface area (Å²) in [4.78, 5) is 0. The normalized spacial score (nSPS) is 10.3. The second-order valence-electron chi connectivity index (χ2n) is 3.42. The fraction of sp³-hybridized carbons (Fsp3) is 0.0769. The molecule has 2 aromatic carbocycles. The zero-order chi connectivity index (χ0) is 12.3. The van der Waals surface area contributed by atoms with Crippen molar-refractivity contribution in [1.29, 1.82) is 0 Å². The van der Waals surface area contributed by atoms with Gasteiger partial charge < -0.3 is 4.74 Å². The van der Waals surface area contributed by atoms with Crippen LogP contribution in [-0.4, -0.2) is 0 Å². The average molecular weight is 271 g/mol. The summed E-state index contributed by atoms with van der Waals surface area (Å²) in [5.41, 5.74) is 0.652. The van der Waals surface area contributed by atoms with Crippen LogP contribution >= 0.6 is 23.2 Å². The van der Waals surface area contributed by atoms with Gasteiger partial charge in [-0.05, 0) is 24.3 Å². The highest BCUT2D eigenvalue weighted by Crippen LogP contribution is 2.26. The third-order valence-corrected chi connectivity index (χ3v) is 2.98. The van der Waals surface area contributed by atoms with E-state index in [2.05, 4.69) is 0 Å². The van der Waals surface area contributed by atoms with Crippen LogP contribution in [-0.2, 0) is 6.61 Å². The van der Waals surface area contributed by atoms with Gasteiger partial charge in [0.25, 0.3) is 0 Å². The molecule has 0 aliphatic heterocycles. The Morgan fingerprint density at radius 1 is 0.941 bits per heavy atom. The quantitative estimate of drug-likeness (QED) is 0.785. The van der Waals surface area contributed by atoms with Gasteiger partial charge in [0.1, 0.15) is 6.61 Å². The van der Waals surface area contributed by atoms with E-state index in [1.807, 2.05) is 0 Å². The number of rotatable bonds is 3. The zero-order valence-corrected chi connectivity index (χ0v) is 10.3. The van der Waals surface area contributed by atoms with Crippen LogP contribution < -0.4 is 4.74 Å². The predicted molar refractivity (Wildman–Crippen MR) is 67.2 cm³/mol. The molecule has 0 unspecified atom stereocenters. The number of ether oxygens (including phenoxy) is 1. The molecule has 0 N–H and O–H groups in total. The lowest BCUT2D eigenvalue weighted by atomic mass is 10.2. The average Bonchev–Trinajstić information content (AvgIpc) is 2.30. The molecule has 1 nitrogen and oxygen atoms in total. The van der Waals surface area contributed by atoms with Crippen molar-refractivity contribution in [2.75, 3.05) is 0 Å². The Morgan fingerprint density at radius 3 is 2.24 bits per heavy atom. The van der Waals surface area contributed by atoms with E-state index in [1.54, 1.807) is 36.4 Å². The van der Waals surface area contributed by atoms with Crippen molar-refractivity contribution < 1.29 is 9.13 Å². The lowest BCUT2D eigenvalue weighted by Crippen LogP contribution is -1.98. The summed E-state index contributed by atoms with van der Waals surface area (Å²) in [6.07, 6.45) is 0. The van der Waals surface area contributed by atoms with Crippen LogP contribution in [0.15, 0.2) is 42.5 Å². The molecule has 0 amide bonds. The minimum Gasteiger partial charge on any atom is -0.486 e. The van der Waals surface area contributed by atoms with Gasteiger partial charge in [0.05, 0.1) is 0 Å². The standard InChI is InChI=1S/C13H9Cl2FO/c14-10-4-3-5-11(15)9(10)8-17-13-7-2-1-6-12(13)16/h1-7H,8H2. The maximum atomic E-state index is 13.3. The molecular formula is C13H9Cl2FO. The Hall–Kier alpha value is -1.25. The monoisotopic (exact) mass is 270 g/mol. The molecule has 2 rings (SSSR count). The van der Waals surface area contributed by atoms with Gasteiger partial charge in [-0.1, -0.05) is 41.4 Å². The molecule has 0 saturated carbocycles. The molecule has 17 heavy (non-hydrogen) atoms. The highest BCUT2D eigenvalue weighted by molar-refractivity contribution is 6.35. The molecular weight excluding hydrogens is 262 g/mol. The third-order valence-electron chi connectivity index (χ3n) is 2.27. The minimum absolute atomic E-state index is 0.138. The number of halogens is 3. The lowest BCUT2D eigenvalue weighted by molar-refractivity contribution is 0.290. The SMILES string of the molecule is Fc1ccccc1OCc1c(Cl)cccc1Cl. The van der Waals surface area contributed by atoms with E-state index < -0.39 is 5.82 Å². The highest BCUT2D eigenvalue weighted by Gasteiger charge is 2.07. The van der Waals surface area contributed by atoms with Crippen molar-refractivity contribution >= 4 is 23.2 Å². The van der Waals surface area contributed by atoms with Crippen LogP contribution in [0, 0.1) is 5.82 Å². The molecule has 0 aliphatic rings. The van der Waals surface area contributed by atoms with Crippen LogP contribution in [0.4, 0.5) is 4.39 Å². The summed E-state index contributed by atoms with van der Waals surface area (Å²) in [6.45, 7) is 0.138. The van der Waals surface area contributed by atoms with Gasteiger partial charge in [-0.15, -0.1) is 0 Å². The maximum Gasteiger partial charge on any atom is 0.165 e. The second kappa shape index (κ2) is 5.39. The number of hydrogen-bond donors (Lipinski definition) is 0. The van der Waals surface area contributed by atoms with Gasteiger partial charge in [0.2, 0.25) is 0 Å². The first kappa shape index (κ1) is 12.2. The number of para-hydroxylation sites is 1. The molecule has 0 spiro atoms. The van der Waals surface area contributed by atoms with Crippen molar-refractivity contribution in [2.45, 2.75) is 6.61 Å². The molecule has 4 heteroatoms. The highest BCUT2D eigenvalue weighted by atomic mass is 35.5. The van der Waals surface area contributed by atoms with Gasteiger partial charge in [-0.25, -0.2) is 4.39 Å². The molecule has 0 radical (unpaired) electrons. The van der Waals surface area contributed by atoms with E-state index in [1.165, 1.54) is 6.07 Å². The molecule has 0 aromatic heterocycles. The van der Waals surface area contributed by atoms with E-state index in [0.29, 0.717) is 15.6 Å². The Kier molecular flexibility index (Phi) is 3.87. The molecule has 88 valence electrons. The summed E-state index contributed by atoms with van der Waals surface area (Å²) < 4.78 is 18.6. The summed E-state index contributed by atoms with van der Waals surface area (Å²) in [7, 11) is 0. The van der Waals surface area contributed by atoms with Crippen molar-refractivity contribution in [2.24, 2.45) is 0 Å². The minimum atomic E-state index is -0.407. The van der Waals surface area contributed by atoms with E-state index in [9.17, 15) is 4.39 Å². The Morgan fingerprint density at radius 2 is 1.59 bits per heavy atom.